The third kappa shape index (κ3) is 11.0. The standard InChI is InChI=1S/C28H35BO3.C6H15N/c1-5-6-7-28(24-12-18-27(32-4)19-13-24)29(20-22-8-14-25(30-2)15-9-22)21-23-10-16-26(31-3)17-11-23;1-4-7(5-2)6-3/h8-19,28H,5-7,20-21H2,1-4H3;4-6H2,1-3H3. The molecule has 0 aromatic heterocycles. The Morgan fingerprint density at radius 2 is 0.974 bits per heavy atom. The summed E-state index contributed by atoms with van der Waals surface area (Å²) in [5, 5.41) is 0. The second-order valence-corrected chi connectivity index (χ2v) is 10.0. The molecule has 0 spiro atoms. The zero-order valence-electron chi connectivity index (χ0n) is 25.4. The fourth-order valence-electron chi connectivity index (χ4n) is 5.11. The lowest BCUT2D eigenvalue weighted by molar-refractivity contribution is 0.321. The van der Waals surface area contributed by atoms with Gasteiger partial charge in [0.05, 0.1) is 21.3 Å². The van der Waals surface area contributed by atoms with E-state index < -0.39 is 0 Å². The molecule has 0 fully saturated rings. The molecule has 0 saturated carbocycles. The van der Waals surface area contributed by atoms with Gasteiger partial charge in [-0.05, 0) is 74.5 Å². The van der Waals surface area contributed by atoms with Gasteiger partial charge < -0.3 is 19.1 Å². The van der Waals surface area contributed by atoms with Crippen molar-refractivity contribution in [2.24, 2.45) is 0 Å². The Bertz CT molecular complexity index is 963. The smallest absolute Gasteiger partial charge is 0.157 e. The molecule has 0 aliphatic rings. The van der Waals surface area contributed by atoms with E-state index in [2.05, 4.69) is 105 Å². The van der Waals surface area contributed by atoms with Crippen LogP contribution in [0.5, 0.6) is 17.2 Å². The van der Waals surface area contributed by atoms with E-state index in [-0.39, 0.29) is 0 Å². The molecule has 0 heterocycles. The van der Waals surface area contributed by atoms with Crippen molar-refractivity contribution in [1.82, 2.24) is 4.90 Å². The monoisotopic (exact) mass is 531 g/mol. The van der Waals surface area contributed by atoms with E-state index in [0.29, 0.717) is 12.5 Å². The van der Waals surface area contributed by atoms with Crippen molar-refractivity contribution < 1.29 is 14.2 Å². The molecule has 0 bridgehead atoms. The first kappa shape index (κ1) is 32.3. The molecule has 3 rings (SSSR count). The van der Waals surface area contributed by atoms with Gasteiger partial charge in [-0.2, -0.15) is 0 Å². The predicted molar refractivity (Wildman–Crippen MR) is 168 cm³/mol. The molecule has 0 aliphatic carbocycles. The van der Waals surface area contributed by atoms with E-state index in [1.807, 2.05) is 0 Å². The van der Waals surface area contributed by atoms with Crippen molar-refractivity contribution in [3.8, 4) is 17.2 Å². The van der Waals surface area contributed by atoms with Gasteiger partial charge in [0.1, 0.15) is 17.2 Å². The van der Waals surface area contributed by atoms with Crippen molar-refractivity contribution in [3.05, 3.63) is 89.5 Å². The highest BCUT2D eigenvalue weighted by atomic mass is 16.5. The Balaban J connectivity index is 0.000000673. The van der Waals surface area contributed by atoms with Crippen LogP contribution in [0, 0.1) is 0 Å². The van der Waals surface area contributed by atoms with Crippen LogP contribution in [0.4, 0.5) is 0 Å². The average Bonchev–Trinajstić information content (AvgIpc) is 2.99. The number of rotatable bonds is 15. The van der Waals surface area contributed by atoms with Gasteiger partial charge in [-0.1, -0.05) is 100 Å². The van der Waals surface area contributed by atoms with Crippen LogP contribution in [0.3, 0.4) is 0 Å². The number of unbranched alkanes of at least 4 members (excludes halogenated alkanes) is 1. The van der Waals surface area contributed by atoms with E-state index in [1.165, 1.54) is 55.6 Å². The van der Waals surface area contributed by atoms with Crippen molar-refractivity contribution in [2.75, 3.05) is 41.0 Å². The summed E-state index contributed by atoms with van der Waals surface area (Å²) in [5.41, 5.74) is 4.09. The summed E-state index contributed by atoms with van der Waals surface area (Å²) in [5.74, 6) is 3.19. The van der Waals surface area contributed by atoms with Gasteiger partial charge in [-0.3, -0.25) is 0 Å². The van der Waals surface area contributed by atoms with Crippen LogP contribution in [-0.2, 0) is 12.6 Å². The van der Waals surface area contributed by atoms with Crippen LogP contribution in [0.15, 0.2) is 72.8 Å². The molecule has 3 aromatic carbocycles. The predicted octanol–water partition coefficient (Wildman–Crippen LogP) is 7.93. The van der Waals surface area contributed by atoms with Gasteiger partial charge in [0.2, 0.25) is 0 Å². The van der Waals surface area contributed by atoms with Crippen LogP contribution in [0.25, 0.3) is 0 Å². The fraction of sp³-hybridized carbons (Fsp3) is 0.471. The Labute approximate surface area is 238 Å². The van der Waals surface area contributed by atoms with Crippen LogP contribution in [0.1, 0.15) is 69.5 Å². The van der Waals surface area contributed by atoms with Gasteiger partial charge in [0, 0.05) is 0 Å². The number of methoxy groups -OCH3 is 3. The van der Waals surface area contributed by atoms with Crippen molar-refractivity contribution in [2.45, 2.75) is 65.4 Å². The van der Waals surface area contributed by atoms with Crippen molar-refractivity contribution in [3.63, 3.8) is 0 Å². The fourth-order valence-corrected chi connectivity index (χ4v) is 5.11. The van der Waals surface area contributed by atoms with Crippen LogP contribution in [0.2, 0.25) is 0 Å². The highest BCUT2D eigenvalue weighted by Gasteiger charge is 2.27. The van der Waals surface area contributed by atoms with Gasteiger partial charge >= 0.3 is 0 Å². The molecule has 39 heavy (non-hydrogen) atoms. The quantitative estimate of drug-likeness (QED) is 0.186. The van der Waals surface area contributed by atoms with E-state index in [9.17, 15) is 0 Å². The summed E-state index contributed by atoms with van der Waals surface area (Å²) in [6.07, 6.45) is 5.65. The van der Waals surface area contributed by atoms with Gasteiger partial charge in [0.15, 0.2) is 6.71 Å². The SMILES string of the molecule is CCCCC(B(Cc1ccc(OC)cc1)Cc1ccc(OC)cc1)c1ccc(OC)cc1.CCN(CC)CC. The summed E-state index contributed by atoms with van der Waals surface area (Å²) >= 11 is 0. The first-order chi connectivity index (χ1) is 19.0. The molecule has 0 radical (unpaired) electrons. The molecule has 0 aliphatic heterocycles. The average molecular weight is 532 g/mol. The van der Waals surface area contributed by atoms with Crippen LogP contribution in [-0.4, -0.2) is 52.6 Å². The van der Waals surface area contributed by atoms with E-state index >= 15 is 0 Å². The lowest BCUT2D eigenvalue weighted by Gasteiger charge is -2.26. The molecule has 212 valence electrons. The lowest BCUT2D eigenvalue weighted by atomic mass is 9.34. The minimum absolute atomic E-state index is 0.477. The van der Waals surface area contributed by atoms with Crippen LogP contribution < -0.4 is 14.2 Å². The number of hydrogen-bond acceptors (Lipinski definition) is 4. The largest absolute Gasteiger partial charge is 0.497 e. The Kier molecular flexibility index (Phi) is 15.2. The van der Waals surface area contributed by atoms with Crippen molar-refractivity contribution in [1.29, 1.82) is 0 Å². The normalized spacial score (nSPS) is 11.4. The highest BCUT2D eigenvalue weighted by molar-refractivity contribution is 6.59. The lowest BCUT2D eigenvalue weighted by Crippen LogP contribution is -2.30. The summed E-state index contributed by atoms with van der Waals surface area (Å²) in [7, 11) is 5.15. The summed E-state index contributed by atoms with van der Waals surface area (Å²) < 4.78 is 16.1. The van der Waals surface area contributed by atoms with Crippen molar-refractivity contribution >= 4 is 6.71 Å². The maximum atomic E-state index is 5.40. The van der Waals surface area contributed by atoms with E-state index in [4.69, 9.17) is 14.2 Å². The van der Waals surface area contributed by atoms with Gasteiger partial charge in [-0.15, -0.1) is 0 Å². The molecule has 3 aromatic rings. The first-order valence-electron chi connectivity index (χ1n) is 14.6. The van der Waals surface area contributed by atoms with Gasteiger partial charge in [-0.25, -0.2) is 0 Å². The number of nitrogens with zero attached hydrogens (tertiary/aromatic N) is 1. The third-order valence-corrected chi connectivity index (χ3v) is 7.64. The molecule has 0 saturated heterocycles. The number of benzene rings is 3. The molecule has 0 N–H and O–H groups in total. The third-order valence-electron chi connectivity index (χ3n) is 7.64. The molecule has 1 unspecified atom stereocenters. The number of hydrogen-bond donors (Lipinski definition) is 0. The molecule has 4 nitrogen and oxygen atoms in total. The molecular formula is C34H50BNO3. The topological polar surface area (TPSA) is 30.9 Å². The summed E-state index contributed by atoms with van der Waals surface area (Å²) in [6.45, 7) is 12.9. The molecule has 0 amide bonds. The highest BCUT2D eigenvalue weighted by Crippen LogP contribution is 2.31. The van der Waals surface area contributed by atoms with Gasteiger partial charge in [0.25, 0.3) is 0 Å². The molecule has 1 atom stereocenters. The second kappa shape index (κ2) is 18.4. The summed E-state index contributed by atoms with van der Waals surface area (Å²) in [4.78, 5) is 2.38. The Hall–Kier alpha value is -2.92. The Morgan fingerprint density at radius 3 is 1.28 bits per heavy atom. The molecular weight excluding hydrogens is 481 g/mol. The zero-order chi connectivity index (χ0) is 28.5. The minimum Gasteiger partial charge on any atom is -0.497 e. The Morgan fingerprint density at radius 1 is 0.590 bits per heavy atom. The summed E-state index contributed by atoms with van der Waals surface area (Å²) in [6, 6.07) is 25.7. The minimum atomic E-state index is 0.477. The first-order valence-corrected chi connectivity index (χ1v) is 14.6. The zero-order valence-corrected chi connectivity index (χ0v) is 25.4. The maximum Gasteiger partial charge on any atom is 0.157 e. The molecule has 5 heteroatoms. The van der Waals surface area contributed by atoms with Crippen LogP contribution >= 0.6 is 0 Å². The van der Waals surface area contributed by atoms with E-state index in [0.717, 1.165) is 29.9 Å². The maximum absolute atomic E-state index is 5.40. The van der Waals surface area contributed by atoms with E-state index in [1.54, 1.807) is 21.3 Å². The second-order valence-electron chi connectivity index (χ2n) is 10.0. The number of ether oxygens (including phenoxy) is 3.